The summed E-state index contributed by atoms with van der Waals surface area (Å²) in [5, 5.41) is 2.59. The van der Waals surface area contributed by atoms with Gasteiger partial charge in [-0.05, 0) is 134 Å². The number of benzene rings is 11. The molecule has 0 atom stereocenters. The van der Waals surface area contributed by atoms with E-state index in [1.165, 1.54) is 75.8 Å². The molecule has 0 saturated carbocycles. The predicted molar refractivity (Wildman–Crippen MR) is 298 cm³/mol. The first-order chi connectivity index (χ1) is 35.2. The fraction of sp³-hybridized carbons (Fsp3) is 0.0294. The van der Waals surface area contributed by atoms with Crippen LogP contribution in [0.1, 0.15) is 44.5 Å². The third-order valence-electron chi connectivity index (χ3n) is 15.2. The van der Waals surface area contributed by atoms with E-state index in [2.05, 4.69) is 289 Å². The van der Waals surface area contributed by atoms with E-state index < -0.39 is 10.8 Å². The van der Waals surface area contributed by atoms with Crippen LogP contribution >= 0.6 is 11.3 Å². The van der Waals surface area contributed by atoms with Gasteiger partial charge in [-0.25, -0.2) is 0 Å². The third kappa shape index (κ3) is 6.13. The first-order valence-electron chi connectivity index (χ1n) is 24.5. The molecule has 12 aromatic rings. The summed E-state index contributed by atoms with van der Waals surface area (Å²) in [5.41, 5.74) is 18.0. The molecule has 334 valence electrons. The van der Waals surface area contributed by atoms with Gasteiger partial charge >= 0.3 is 0 Å². The van der Waals surface area contributed by atoms with Crippen molar-refractivity contribution in [1.82, 2.24) is 0 Å². The summed E-state index contributed by atoms with van der Waals surface area (Å²) in [5.74, 6) is 0. The summed E-state index contributed by atoms with van der Waals surface area (Å²) in [4.78, 5) is 4.86. The summed E-state index contributed by atoms with van der Waals surface area (Å²) in [6.45, 7) is 0. The van der Waals surface area contributed by atoms with Crippen LogP contribution in [0.5, 0.6) is 0 Å². The molecular weight excluding hydrogens is 877 g/mol. The Labute approximate surface area is 418 Å². The molecule has 0 N–H and O–H groups in total. The maximum atomic E-state index is 2.52. The number of hydrogen-bond donors (Lipinski definition) is 0. The zero-order valence-corrected chi connectivity index (χ0v) is 39.7. The molecule has 2 aliphatic rings. The fourth-order valence-electron chi connectivity index (χ4n) is 12.4. The molecule has 2 nitrogen and oxygen atoms in total. The van der Waals surface area contributed by atoms with Crippen molar-refractivity contribution < 1.29 is 0 Å². The van der Waals surface area contributed by atoms with E-state index in [1.807, 2.05) is 11.3 Å². The highest BCUT2D eigenvalue weighted by molar-refractivity contribution is 7.25. The molecule has 11 aromatic carbocycles. The maximum absolute atomic E-state index is 2.52. The van der Waals surface area contributed by atoms with Crippen molar-refractivity contribution in [2.24, 2.45) is 0 Å². The van der Waals surface area contributed by atoms with Gasteiger partial charge in [0.25, 0.3) is 0 Å². The summed E-state index contributed by atoms with van der Waals surface area (Å²) in [7, 11) is 0. The third-order valence-corrected chi connectivity index (χ3v) is 16.3. The molecule has 0 fully saturated rings. The van der Waals surface area contributed by atoms with Crippen molar-refractivity contribution in [1.29, 1.82) is 0 Å². The van der Waals surface area contributed by atoms with Gasteiger partial charge in [0.2, 0.25) is 0 Å². The van der Waals surface area contributed by atoms with Crippen LogP contribution in [0.3, 0.4) is 0 Å². The Bertz CT molecular complexity index is 3810. The molecule has 14 rings (SSSR count). The van der Waals surface area contributed by atoms with E-state index in [0.717, 1.165) is 34.1 Å². The number of rotatable bonds is 8. The minimum Gasteiger partial charge on any atom is -0.310 e. The number of thiophene rings is 1. The van der Waals surface area contributed by atoms with E-state index in [-0.39, 0.29) is 0 Å². The largest absolute Gasteiger partial charge is 0.310 e. The highest BCUT2D eigenvalue weighted by Crippen LogP contribution is 2.65. The van der Waals surface area contributed by atoms with E-state index in [1.54, 1.807) is 0 Å². The zero-order chi connectivity index (χ0) is 46.9. The standard InChI is InChI=1S/C68H46N2S/c1-6-22-47(23-7-1)67(48-24-8-2-9-25-48)59-33-17-19-35-61(59)68(62-36-20-18-34-60(62)67)63-44-52(69(49-26-10-3-11-27-49)50-28-12-4-13-29-50)38-41-55(63)56-42-39-53(45-64(56)68)70(51-30-14-5-15-31-51)54-40-43-58-57-32-16-21-37-65(57)71-66(58)46-54/h1-46H. The van der Waals surface area contributed by atoms with Crippen molar-refractivity contribution in [3.05, 3.63) is 324 Å². The van der Waals surface area contributed by atoms with Crippen LogP contribution in [-0.4, -0.2) is 0 Å². The second-order valence-electron chi connectivity index (χ2n) is 18.7. The zero-order valence-electron chi connectivity index (χ0n) is 38.9. The van der Waals surface area contributed by atoms with Gasteiger partial charge in [-0.2, -0.15) is 0 Å². The average Bonchev–Trinajstić information content (AvgIpc) is 3.96. The van der Waals surface area contributed by atoms with Crippen molar-refractivity contribution in [2.45, 2.75) is 10.8 Å². The Morgan fingerprint density at radius 2 is 0.592 bits per heavy atom. The van der Waals surface area contributed by atoms with Crippen LogP contribution in [0.4, 0.5) is 34.1 Å². The minimum absolute atomic E-state index is 0.616. The lowest BCUT2D eigenvalue weighted by Gasteiger charge is -2.50. The predicted octanol–water partition coefficient (Wildman–Crippen LogP) is 18.1. The van der Waals surface area contributed by atoms with Gasteiger partial charge in [0.1, 0.15) is 0 Å². The Kier molecular flexibility index (Phi) is 9.55. The van der Waals surface area contributed by atoms with Crippen LogP contribution in [0.15, 0.2) is 279 Å². The van der Waals surface area contributed by atoms with Crippen LogP contribution in [0, 0.1) is 0 Å². The van der Waals surface area contributed by atoms with Gasteiger partial charge in [0.05, 0.1) is 10.8 Å². The van der Waals surface area contributed by atoms with Crippen molar-refractivity contribution >= 4 is 65.6 Å². The summed E-state index contributed by atoms with van der Waals surface area (Å²) >= 11 is 1.86. The van der Waals surface area contributed by atoms with Crippen LogP contribution in [0.25, 0.3) is 31.3 Å². The lowest BCUT2D eigenvalue weighted by Crippen LogP contribution is -2.44. The number of hydrogen-bond acceptors (Lipinski definition) is 3. The second-order valence-corrected chi connectivity index (χ2v) is 19.8. The molecule has 0 radical (unpaired) electrons. The molecule has 3 heteroatoms. The Balaban J connectivity index is 1.09. The molecule has 0 bridgehead atoms. The quantitative estimate of drug-likeness (QED) is 0.150. The molecule has 71 heavy (non-hydrogen) atoms. The topological polar surface area (TPSA) is 6.48 Å². The lowest BCUT2D eigenvalue weighted by atomic mass is 9.51. The molecular formula is C68H46N2S. The van der Waals surface area contributed by atoms with E-state index >= 15 is 0 Å². The summed E-state index contributed by atoms with van der Waals surface area (Å²) in [6.07, 6.45) is 0. The van der Waals surface area contributed by atoms with E-state index in [9.17, 15) is 0 Å². The summed E-state index contributed by atoms with van der Waals surface area (Å²) < 4.78 is 2.58. The molecule has 0 amide bonds. The summed E-state index contributed by atoms with van der Waals surface area (Å²) in [6, 6.07) is 104. The molecule has 1 aromatic heterocycles. The van der Waals surface area contributed by atoms with Crippen molar-refractivity contribution in [2.75, 3.05) is 9.80 Å². The van der Waals surface area contributed by atoms with Crippen molar-refractivity contribution in [3.63, 3.8) is 0 Å². The number of fused-ring (bicyclic) bond motifs is 12. The first-order valence-corrected chi connectivity index (χ1v) is 25.3. The molecule has 0 unspecified atom stereocenters. The second kappa shape index (κ2) is 16.4. The SMILES string of the molecule is c1ccc(N(c2ccccc2)c2ccc3c(c2)C2(c4cc(N(c5ccccc5)c5ccc6c(c5)sc5ccccc56)ccc4-3)c3ccccc3C(c3ccccc3)(c3ccccc3)c3ccccc32)cc1. The lowest BCUT2D eigenvalue weighted by molar-refractivity contribution is 0.623. The van der Waals surface area contributed by atoms with Crippen LogP contribution in [-0.2, 0) is 10.8 Å². The molecule has 1 spiro atoms. The first kappa shape index (κ1) is 41.2. The molecule has 0 saturated heterocycles. The monoisotopic (exact) mass is 922 g/mol. The number of anilines is 6. The van der Waals surface area contributed by atoms with E-state index in [0.29, 0.717) is 0 Å². The molecule has 2 aliphatic carbocycles. The van der Waals surface area contributed by atoms with Gasteiger partial charge < -0.3 is 9.80 Å². The molecule has 1 heterocycles. The highest BCUT2D eigenvalue weighted by atomic mass is 32.1. The van der Waals surface area contributed by atoms with Gasteiger partial charge in [-0.3, -0.25) is 0 Å². The van der Waals surface area contributed by atoms with Gasteiger partial charge in [0.15, 0.2) is 0 Å². The van der Waals surface area contributed by atoms with Gasteiger partial charge in [0, 0.05) is 54.3 Å². The maximum Gasteiger partial charge on any atom is 0.0721 e. The number of para-hydroxylation sites is 3. The van der Waals surface area contributed by atoms with Crippen LogP contribution in [0.2, 0.25) is 0 Å². The van der Waals surface area contributed by atoms with E-state index in [4.69, 9.17) is 0 Å². The van der Waals surface area contributed by atoms with Gasteiger partial charge in [-0.1, -0.05) is 200 Å². The Morgan fingerprint density at radius 1 is 0.239 bits per heavy atom. The number of nitrogens with zero attached hydrogens (tertiary/aromatic N) is 2. The minimum atomic E-state index is -0.728. The fourth-order valence-corrected chi connectivity index (χ4v) is 13.5. The normalized spacial score (nSPS) is 13.6. The molecule has 0 aliphatic heterocycles. The van der Waals surface area contributed by atoms with Gasteiger partial charge in [-0.15, -0.1) is 11.3 Å². The van der Waals surface area contributed by atoms with Crippen molar-refractivity contribution in [3.8, 4) is 11.1 Å². The highest BCUT2D eigenvalue weighted by Gasteiger charge is 2.57. The Hall–Kier alpha value is -8.76. The average molecular weight is 923 g/mol. The smallest absolute Gasteiger partial charge is 0.0721 e. The van der Waals surface area contributed by atoms with Crippen LogP contribution < -0.4 is 9.80 Å². The Morgan fingerprint density at radius 3 is 1.07 bits per heavy atom.